The maximum atomic E-state index is 14.1. The van der Waals surface area contributed by atoms with Gasteiger partial charge in [0.2, 0.25) is 11.8 Å². The SMILES string of the molecule is COCCOCCOCCn1c2cc(CC(=O)[C@@H]3CCCN3C(=O)[C@H](NC(C)=O)c3ccccc3)ccc2c2ccc(CC(=O)[C@@H]3CCCN3C(=O)[C@H](NC(=O)OC)c3ccccc3)cc21. The highest BCUT2D eigenvalue weighted by molar-refractivity contribution is 6.09. The minimum atomic E-state index is -1.01. The van der Waals surface area contributed by atoms with Crippen molar-refractivity contribution in [3.05, 3.63) is 119 Å². The van der Waals surface area contributed by atoms with Gasteiger partial charge in [-0.1, -0.05) is 84.9 Å². The molecule has 15 nitrogen and oxygen atoms in total. The maximum Gasteiger partial charge on any atom is 0.407 e. The Bertz CT molecular complexity index is 2510. The molecule has 0 saturated carbocycles. The van der Waals surface area contributed by atoms with E-state index < -0.39 is 30.3 Å². The Balaban J connectivity index is 1.12. The lowest BCUT2D eigenvalue weighted by atomic mass is 9.98. The molecule has 348 valence electrons. The van der Waals surface area contributed by atoms with Crippen LogP contribution in [-0.2, 0) is 62.3 Å². The van der Waals surface area contributed by atoms with E-state index in [4.69, 9.17) is 18.9 Å². The van der Waals surface area contributed by atoms with Crippen molar-refractivity contribution in [3.63, 3.8) is 0 Å². The molecule has 66 heavy (non-hydrogen) atoms. The first kappa shape index (κ1) is 47.5. The number of likely N-dealkylation sites (tertiary alicyclic amines) is 2. The summed E-state index contributed by atoms with van der Waals surface area (Å²) in [6.07, 6.45) is 1.82. The van der Waals surface area contributed by atoms with Crippen LogP contribution in [0.4, 0.5) is 4.79 Å². The topological polar surface area (TPSA) is 175 Å². The minimum absolute atomic E-state index is 0.0780. The van der Waals surface area contributed by atoms with Gasteiger partial charge in [-0.3, -0.25) is 24.0 Å². The van der Waals surface area contributed by atoms with Gasteiger partial charge in [-0.15, -0.1) is 0 Å². The largest absolute Gasteiger partial charge is 0.453 e. The number of rotatable bonds is 21. The summed E-state index contributed by atoms with van der Waals surface area (Å²) < 4.78 is 23.6. The molecule has 4 aromatic carbocycles. The van der Waals surface area contributed by atoms with Crippen molar-refractivity contribution in [3.8, 4) is 0 Å². The first-order valence-electron chi connectivity index (χ1n) is 22.6. The molecule has 0 bridgehead atoms. The van der Waals surface area contributed by atoms with E-state index in [0.29, 0.717) is 89.5 Å². The number of carbonyl (C=O) groups is 6. The van der Waals surface area contributed by atoms with E-state index in [2.05, 4.69) is 15.2 Å². The van der Waals surface area contributed by atoms with Gasteiger partial charge in [0.05, 0.1) is 52.2 Å². The number of Topliss-reactive ketones (excluding diaryl/α,β-unsaturated/α-hetero) is 2. The van der Waals surface area contributed by atoms with Crippen molar-refractivity contribution < 1.29 is 47.7 Å². The predicted molar refractivity (Wildman–Crippen MR) is 248 cm³/mol. The smallest absolute Gasteiger partial charge is 0.407 e. The molecule has 2 N–H and O–H groups in total. The lowest BCUT2D eigenvalue weighted by Crippen LogP contribution is -2.47. The van der Waals surface area contributed by atoms with Crippen molar-refractivity contribution in [1.29, 1.82) is 0 Å². The molecule has 1 aromatic heterocycles. The summed E-state index contributed by atoms with van der Waals surface area (Å²) in [5.41, 5.74) is 4.60. The van der Waals surface area contributed by atoms with Gasteiger partial charge < -0.3 is 43.9 Å². The zero-order chi connectivity index (χ0) is 46.6. The second kappa shape index (κ2) is 22.7. The van der Waals surface area contributed by atoms with Crippen LogP contribution >= 0.6 is 0 Å². The number of carbonyl (C=O) groups excluding carboxylic acids is 6. The molecular formula is C51H59N5O10. The fourth-order valence-corrected chi connectivity index (χ4v) is 9.21. The third-order valence-corrected chi connectivity index (χ3v) is 12.4. The Morgan fingerprint density at radius 1 is 0.606 bits per heavy atom. The fraction of sp³-hybridized carbons (Fsp3) is 0.412. The molecular weight excluding hydrogens is 843 g/mol. The summed E-state index contributed by atoms with van der Waals surface area (Å²) in [7, 11) is 2.86. The number of fused-ring (bicyclic) bond motifs is 3. The Labute approximate surface area is 384 Å². The second-order valence-electron chi connectivity index (χ2n) is 16.8. The zero-order valence-electron chi connectivity index (χ0n) is 37.9. The number of methoxy groups -OCH3 is 2. The predicted octanol–water partition coefficient (Wildman–Crippen LogP) is 5.65. The highest BCUT2D eigenvalue weighted by Gasteiger charge is 2.39. The van der Waals surface area contributed by atoms with Crippen LogP contribution in [-0.4, -0.2) is 122 Å². The van der Waals surface area contributed by atoms with E-state index in [9.17, 15) is 28.8 Å². The molecule has 4 amide bonds. The van der Waals surface area contributed by atoms with Crippen molar-refractivity contribution in [2.75, 3.05) is 60.3 Å². The number of benzene rings is 4. The molecule has 0 spiro atoms. The van der Waals surface area contributed by atoms with Crippen LogP contribution in [0.3, 0.4) is 0 Å². The summed E-state index contributed by atoms with van der Waals surface area (Å²) in [4.78, 5) is 84.0. The van der Waals surface area contributed by atoms with Crippen LogP contribution in [0.15, 0.2) is 97.1 Å². The van der Waals surface area contributed by atoms with Crippen molar-refractivity contribution in [2.45, 2.75) is 76.2 Å². The Kier molecular flexibility index (Phi) is 16.3. The van der Waals surface area contributed by atoms with Gasteiger partial charge in [0.25, 0.3) is 5.91 Å². The summed E-state index contributed by atoms with van der Waals surface area (Å²) in [6.45, 7) is 4.79. The monoisotopic (exact) mass is 901 g/mol. The standard InChI is InChI=1S/C51H59N5O10/c1-34(57)52-47(37-12-6-4-7-13-37)49(60)55-22-10-16-41(55)45(58)32-35-18-20-39-40-21-19-36(31-44(40)54(43(39)30-35)24-25-65-28-29-66-27-26-63-2)33-46(59)42-17-11-23-56(42)50(61)48(53-51(62)64-3)38-14-8-5-9-15-38/h4-9,12-15,18-21,30-31,41-42,47-48H,10-11,16-17,22-29,32-33H2,1-3H3,(H,52,57)(H,53,62)/t41-,42-,47+,48+/m0/s1. The molecule has 2 aliphatic heterocycles. The second-order valence-corrected chi connectivity index (χ2v) is 16.8. The van der Waals surface area contributed by atoms with Gasteiger partial charge in [-0.05, 0) is 60.1 Å². The normalized spacial score (nSPS) is 16.9. The molecule has 2 fully saturated rings. The quantitative estimate of drug-likeness (QED) is 0.0876. The highest BCUT2D eigenvalue weighted by Crippen LogP contribution is 2.33. The van der Waals surface area contributed by atoms with Gasteiger partial charge in [0.1, 0.15) is 12.1 Å². The van der Waals surface area contributed by atoms with Gasteiger partial charge in [0, 0.05) is 68.3 Å². The van der Waals surface area contributed by atoms with E-state index in [1.54, 1.807) is 53.3 Å². The summed E-state index contributed by atoms with van der Waals surface area (Å²) in [5.74, 6) is -1.19. The lowest BCUT2D eigenvalue weighted by Gasteiger charge is -2.28. The Morgan fingerprint density at radius 3 is 1.55 bits per heavy atom. The van der Waals surface area contributed by atoms with E-state index in [-0.39, 0.29) is 42.1 Å². The zero-order valence-corrected chi connectivity index (χ0v) is 37.9. The Morgan fingerprint density at radius 2 is 1.08 bits per heavy atom. The maximum absolute atomic E-state index is 14.1. The van der Waals surface area contributed by atoms with Gasteiger partial charge in [0.15, 0.2) is 11.6 Å². The average Bonchev–Trinajstić information content (AvgIpc) is 4.10. The molecule has 3 heterocycles. The van der Waals surface area contributed by atoms with Gasteiger partial charge in [-0.2, -0.15) is 0 Å². The lowest BCUT2D eigenvalue weighted by molar-refractivity contribution is -0.140. The number of aromatic nitrogens is 1. The number of hydrogen-bond donors (Lipinski definition) is 2. The highest BCUT2D eigenvalue weighted by atomic mass is 16.5. The molecule has 0 aliphatic carbocycles. The first-order valence-corrected chi connectivity index (χ1v) is 22.6. The molecule has 2 aliphatic rings. The molecule has 7 rings (SSSR count). The third-order valence-electron chi connectivity index (χ3n) is 12.4. The summed E-state index contributed by atoms with van der Waals surface area (Å²) in [5, 5.41) is 7.39. The minimum Gasteiger partial charge on any atom is -0.453 e. The van der Waals surface area contributed by atoms with E-state index >= 15 is 0 Å². The number of alkyl carbamates (subject to hydrolysis) is 1. The van der Waals surface area contributed by atoms with Crippen LogP contribution in [0.5, 0.6) is 0 Å². The first-order chi connectivity index (χ1) is 32.1. The van der Waals surface area contributed by atoms with Crippen LogP contribution in [0.2, 0.25) is 0 Å². The molecule has 2 saturated heterocycles. The number of hydrogen-bond acceptors (Lipinski definition) is 10. The van der Waals surface area contributed by atoms with Crippen molar-refractivity contribution in [1.82, 2.24) is 25.0 Å². The van der Waals surface area contributed by atoms with Crippen molar-refractivity contribution >= 4 is 57.2 Å². The number of nitrogens with zero attached hydrogens (tertiary/aromatic N) is 3. The van der Waals surface area contributed by atoms with Gasteiger partial charge >= 0.3 is 6.09 Å². The molecule has 4 atom stereocenters. The third kappa shape index (κ3) is 11.3. The van der Waals surface area contributed by atoms with E-state index in [1.807, 2.05) is 60.7 Å². The summed E-state index contributed by atoms with van der Waals surface area (Å²) in [6, 6.07) is 26.7. The van der Waals surface area contributed by atoms with Crippen LogP contribution < -0.4 is 10.6 Å². The molecule has 5 aromatic rings. The van der Waals surface area contributed by atoms with Crippen LogP contribution in [0, 0.1) is 0 Å². The van der Waals surface area contributed by atoms with E-state index in [1.165, 1.54) is 14.0 Å². The Hall–Kier alpha value is -6.42. The molecule has 15 heteroatoms. The average molecular weight is 902 g/mol. The molecule has 0 unspecified atom stereocenters. The number of ether oxygens (including phenoxy) is 4. The van der Waals surface area contributed by atoms with Crippen LogP contribution in [0.25, 0.3) is 21.8 Å². The molecule has 0 radical (unpaired) electrons. The number of amides is 4. The summed E-state index contributed by atoms with van der Waals surface area (Å²) >= 11 is 0. The fourth-order valence-electron chi connectivity index (χ4n) is 9.21. The van der Waals surface area contributed by atoms with Crippen LogP contribution in [0.1, 0.15) is 66.9 Å². The van der Waals surface area contributed by atoms with E-state index in [0.717, 1.165) is 32.9 Å². The van der Waals surface area contributed by atoms with Crippen molar-refractivity contribution in [2.24, 2.45) is 0 Å². The number of nitrogens with one attached hydrogen (secondary N) is 2. The number of ketones is 2. The van der Waals surface area contributed by atoms with Gasteiger partial charge in [-0.25, -0.2) is 4.79 Å².